The number of rotatable bonds is 8. The lowest BCUT2D eigenvalue weighted by molar-refractivity contribution is -0.274. The Morgan fingerprint density at radius 2 is 1.52 bits per heavy atom. The Balaban J connectivity index is 1.65. The van der Waals surface area contributed by atoms with Crippen LogP contribution < -0.4 is 14.2 Å². The fourth-order valence-corrected chi connectivity index (χ4v) is 4.95. The van der Waals surface area contributed by atoms with Gasteiger partial charge in [0.2, 0.25) is 10.0 Å². The molecule has 170 valence electrons. The second-order valence-electron chi connectivity index (χ2n) is 6.64. The van der Waals surface area contributed by atoms with Crippen molar-refractivity contribution in [3.63, 3.8) is 0 Å². The van der Waals surface area contributed by atoms with Crippen LogP contribution in [0.25, 0.3) is 0 Å². The number of alkyl halides is 3. The van der Waals surface area contributed by atoms with Crippen LogP contribution in [-0.4, -0.2) is 42.5 Å². The zero-order valence-electron chi connectivity index (χ0n) is 15.9. The van der Waals surface area contributed by atoms with Gasteiger partial charge in [-0.1, -0.05) is 0 Å². The third kappa shape index (κ3) is 6.56. The van der Waals surface area contributed by atoms with E-state index in [0.717, 1.165) is 37.1 Å². The number of halogens is 3. The van der Waals surface area contributed by atoms with Crippen LogP contribution in [0.15, 0.2) is 58.3 Å². The molecule has 0 aliphatic carbocycles. The molecule has 1 atom stereocenters. The minimum absolute atomic E-state index is 0.0536. The van der Waals surface area contributed by atoms with E-state index in [1.165, 1.54) is 24.3 Å². The lowest BCUT2D eigenvalue weighted by Gasteiger charge is -2.13. The predicted molar refractivity (Wildman–Crippen MR) is 105 cm³/mol. The summed E-state index contributed by atoms with van der Waals surface area (Å²) >= 11 is 0. The lowest BCUT2D eigenvalue weighted by Crippen LogP contribution is -2.31. The van der Waals surface area contributed by atoms with Gasteiger partial charge in [0.15, 0.2) is 0 Å². The first-order chi connectivity index (χ1) is 14.4. The molecule has 0 spiro atoms. The summed E-state index contributed by atoms with van der Waals surface area (Å²) < 4.78 is 99.8. The van der Waals surface area contributed by atoms with Gasteiger partial charge < -0.3 is 9.47 Å². The molecule has 0 amide bonds. The molecule has 1 fully saturated rings. The Hall–Kier alpha value is -2.35. The third-order valence-electron chi connectivity index (χ3n) is 4.31. The number of hydrogen-bond acceptors (Lipinski definition) is 6. The van der Waals surface area contributed by atoms with Gasteiger partial charge in [0.1, 0.15) is 5.75 Å². The second kappa shape index (κ2) is 9.02. The number of anilines is 1. The van der Waals surface area contributed by atoms with Crippen LogP contribution in [0.5, 0.6) is 5.75 Å². The average Bonchev–Trinajstić information content (AvgIpc) is 3.19. The number of nitrogens with one attached hydrogen (secondary N) is 2. The Labute approximate surface area is 177 Å². The molecule has 0 radical (unpaired) electrons. The molecule has 0 saturated carbocycles. The quantitative estimate of drug-likeness (QED) is 0.601. The first kappa shape index (κ1) is 23.3. The molecule has 2 N–H and O–H groups in total. The van der Waals surface area contributed by atoms with Gasteiger partial charge in [0.25, 0.3) is 10.0 Å². The normalized spacial score (nSPS) is 17.5. The van der Waals surface area contributed by atoms with E-state index < -0.39 is 32.2 Å². The fourth-order valence-electron chi connectivity index (χ4n) is 2.83. The van der Waals surface area contributed by atoms with E-state index in [1.807, 2.05) is 0 Å². The topological polar surface area (TPSA) is 111 Å². The molecule has 1 saturated heterocycles. The molecule has 1 unspecified atom stereocenters. The highest BCUT2D eigenvalue weighted by atomic mass is 32.2. The van der Waals surface area contributed by atoms with Crippen LogP contribution in [0.4, 0.5) is 18.9 Å². The highest BCUT2D eigenvalue weighted by molar-refractivity contribution is 7.92. The Bertz CT molecular complexity index is 1100. The van der Waals surface area contributed by atoms with Crippen molar-refractivity contribution in [1.82, 2.24) is 4.72 Å². The minimum atomic E-state index is -4.89. The Morgan fingerprint density at radius 1 is 0.935 bits per heavy atom. The van der Waals surface area contributed by atoms with Gasteiger partial charge in [-0.25, -0.2) is 21.6 Å². The second-order valence-corrected chi connectivity index (χ2v) is 10.1. The Morgan fingerprint density at radius 3 is 2.06 bits per heavy atom. The van der Waals surface area contributed by atoms with Crippen LogP contribution in [0.2, 0.25) is 0 Å². The number of hydrogen-bond donors (Lipinski definition) is 2. The summed E-state index contributed by atoms with van der Waals surface area (Å²) in [6, 6.07) is 8.65. The highest BCUT2D eigenvalue weighted by Crippen LogP contribution is 2.25. The molecule has 1 aliphatic rings. The molecule has 1 heterocycles. The Kier molecular flexibility index (Phi) is 6.79. The summed E-state index contributed by atoms with van der Waals surface area (Å²) in [6.07, 6.45) is -3.42. The maximum Gasteiger partial charge on any atom is 0.573 e. The smallest absolute Gasteiger partial charge is 0.406 e. The van der Waals surface area contributed by atoms with Crippen LogP contribution in [0.3, 0.4) is 0 Å². The van der Waals surface area contributed by atoms with Gasteiger partial charge in [0, 0.05) is 18.8 Å². The average molecular weight is 480 g/mol. The SMILES string of the molecule is O=S(=O)(NCC1CCCO1)c1ccc(NS(=O)(=O)c2ccc(OC(F)(F)F)cc2)cc1. The van der Waals surface area contributed by atoms with E-state index in [0.29, 0.717) is 6.61 Å². The zero-order chi connectivity index (χ0) is 22.7. The van der Waals surface area contributed by atoms with Crippen LogP contribution >= 0.6 is 0 Å². The molecule has 8 nitrogen and oxygen atoms in total. The molecular formula is C18H19F3N2O6S2. The molecular weight excluding hydrogens is 461 g/mol. The maximum atomic E-state index is 12.4. The molecule has 2 aromatic carbocycles. The van der Waals surface area contributed by atoms with E-state index in [-0.39, 0.29) is 28.1 Å². The fraction of sp³-hybridized carbons (Fsp3) is 0.333. The van der Waals surface area contributed by atoms with Gasteiger partial charge in [-0.3, -0.25) is 4.72 Å². The van der Waals surface area contributed by atoms with E-state index >= 15 is 0 Å². The lowest BCUT2D eigenvalue weighted by atomic mass is 10.2. The largest absolute Gasteiger partial charge is 0.573 e. The summed E-state index contributed by atoms with van der Waals surface area (Å²) in [4.78, 5) is -0.348. The van der Waals surface area contributed by atoms with Crippen molar-refractivity contribution in [2.24, 2.45) is 0 Å². The van der Waals surface area contributed by atoms with E-state index in [2.05, 4.69) is 14.2 Å². The summed E-state index contributed by atoms with van der Waals surface area (Å²) in [6.45, 7) is 0.740. The van der Waals surface area contributed by atoms with Crippen LogP contribution in [0, 0.1) is 0 Å². The van der Waals surface area contributed by atoms with E-state index in [1.54, 1.807) is 0 Å². The van der Waals surface area contributed by atoms with Crippen molar-refractivity contribution >= 4 is 25.7 Å². The molecule has 31 heavy (non-hydrogen) atoms. The molecule has 13 heteroatoms. The molecule has 1 aliphatic heterocycles. The van der Waals surface area contributed by atoms with Crippen molar-refractivity contribution in [2.45, 2.75) is 35.1 Å². The highest BCUT2D eigenvalue weighted by Gasteiger charge is 2.31. The molecule has 2 aromatic rings. The zero-order valence-corrected chi connectivity index (χ0v) is 17.6. The standard InChI is InChI=1S/C18H19F3N2O6S2/c19-18(20,21)29-14-5-9-17(10-6-14)31(26,27)23-13-3-7-16(8-4-13)30(24,25)22-12-15-2-1-11-28-15/h3-10,15,22-23H,1-2,11-12H2. The third-order valence-corrected chi connectivity index (χ3v) is 7.15. The van der Waals surface area contributed by atoms with Crippen molar-refractivity contribution < 1.29 is 39.5 Å². The molecule has 0 bridgehead atoms. The monoisotopic (exact) mass is 480 g/mol. The number of ether oxygens (including phenoxy) is 2. The van der Waals surface area contributed by atoms with Crippen molar-refractivity contribution in [3.05, 3.63) is 48.5 Å². The van der Waals surface area contributed by atoms with Gasteiger partial charge >= 0.3 is 6.36 Å². The summed E-state index contributed by atoms with van der Waals surface area (Å²) in [5.41, 5.74) is 0.0775. The summed E-state index contributed by atoms with van der Waals surface area (Å²) in [5.74, 6) is -0.559. The maximum absolute atomic E-state index is 12.4. The van der Waals surface area contributed by atoms with E-state index in [4.69, 9.17) is 4.74 Å². The van der Waals surface area contributed by atoms with Crippen LogP contribution in [0.1, 0.15) is 12.8 Å². The van der Waals surface area contributed by atoms with Gasteiger partial charge in [0.05, 0.1) is 15.9 Å². The van der Waals surface area contributed by atoms with E-state index in [9.17, 15) is 30.0 Å². The van der Waals surface area contributed by atoms with Gasteiger partial charge in [-0.05, 0) is 61.4 Å². The van der Waals surface area contributed by atoms with Crippen molar-refractivity contribution in [1.29, 1.82) is 0 Å². The first-order valence-corrected chi connectivity index (χ1v) is 12.0. The van der Waals surface area contributed by atoms with Gasteiger partial charge in [-0.15, -0.1) is 13.2 Å². The summed E-state index contributed by atoms with van der Waals surface area (Å²) in [5, 5.41) is 0. The summed E-state index contributed by atoms with van der Waals surface area (Å²) in [7, 11) is -7.90. The predicted octanol–water partition coefficient (Wildman–Crippen LogP) is 2.84. The van der Waals surface area contributed by atoms with Crippen LogP contribution in [-0.2, 0) is 24.8 Å². The minimum Gasteiger partial charge on any atom is -0.406 e. The van der Waals surface area contributed by atoms with Crippen molar-refractivity contribution in [3.8, 4) is 5.75 Å². The van der Waals surface area contributed by atoms with Crippen molar-refractivity contribution in [2.75, 3.05) is 17.9 Å². The molecule has 0 aromatic heterocycles. The number of benzene rings is 2. The first-order valence-electron chi connectivity index (χ1n) is 9.05. The number of sulfonamides is 2. The molecule has 3 rings (SSSR count). The van der Waals surface area contributed by atoms with Gasteiger partial charge in [-0.2, -0.15) is 0 Å².